The van der Waals surface area contributed by atoms with E-state index in [1.54, 1.807) is 13.8 Å². The molecule has 134 valence electrons. The Balaban J connectivity index is 1.88. The Labute approximate surface area is 145 Å². The number of hydrogen-bond donors (Lipinski definition) is 1. The van der Waals surface area contributed by atoms with Crippen molar-refractivity contribution in [1.82, 2.24) is 19.3 Å². The van der Waals surface area contributed by atoms with Crippen LogP contribution in [0.15, 0.2) is 29.2 Å². The minimum atomic E-state index is -4.61. The van der Waals surface area contributed by atoms with Crippen molar-refractivity contribution in [1.29, 1.82) is 0 Å². The van der Waals surface area contributed by atoms with Gasteiger partial charge in [0.25, 0.3) is 0 Å². The topological polar surface area (TPSA) is 76.4 Å². The summed E-state index contributed by atoms with van der Waals surface area (Å²) < 4.78 is 66.8. The molecule has 1 aromatic carbocycles. The maximum Gasteiger partial charge on any atom is 0.416 e. The number of nitrogens with one attached hydrogen (secondary N) is 1. The van der Waals surface area contributed by atoms with E-state index in [9.17, 15) is 21.6 Å². The molecule has 0 spiro atoms. The van der Waals surface area contributed by atoms with E-state index in [1.807, 2.05) is 0 Å². The summed E-state index contributed by atoms with van der Waals surface area (Å²) in [5, 5.41) is 5.01. The minimum Gasteiger partial charge on any atom is -0.223 e. The molecule has 0 radical (unpaired) electrons. The molecule has 0 atom stereocenters. The Hall–Kier alpha value is -1.98. The molecule has 3 rings (SSSR count). The molecule has 0 saturated carbocycles. The van der Waals surface area contributed by atoms with Gasteiger partial charge in [0.2, 0.25) is 15.0 Å². The molecule has 2 heterocycles. The lowest BCUT2D eigenvalue weighted by atomic mass is 10.2. The van der Waals surface area contributed by atoms with Crippen LogP contribution in [0.4, 0.5) is 13.2 Å². The first-order valence-electron chi connectivity index (χ1n) is 7.06. The summed E-state index contributed by atoms with van der Waals surface area (Å²) in [5.41, 5.74) is 0.119. The van der Waals surface area contributed by atoms with Crippen molar-refractivity contribution in [3.63, 3.8) is 0 Å². The van der Waals surface area contributed by atoms with Crippen molar-refractivity contribution >= 4 is 26.3 Å². The first-order valence-corrected chi connectivity index (χ1v) is 9.36. The van der Waals surface area contributed by atoms with Crippen LogP contribution in [0, 0.1) is 13.8 Å². The van der Waals surface area contributed by atoms with Crippen molar-refractivity contribution in [2.45, 2.75) is 31.5 Å². The van der Waals surface area contributed by atoms with Crippen LogP contribution in [0.5, 0.6) is 0 Å². The summed E-state index contributed by atoms with van der Waals surface area (Å²) in [7, 11) is -4.11. The van der Waals surface area contributed by atoms with Gasteiger partial charge >= 0.3 is 6.18 Å². The van der Waals surface area contributed by atoms with Crippen LogP contribution in [0.2, 0.25) is 0 Å². The molecule has 0 aliphatic heterocycles. The zero-order valence-corrected chi connectivity index (χ0v) is 14.8. The quantitative estimate of drug-likeness (QED) is 0.743. The van der Waals surface area contributed by atoms with E-state index >= 15 is 0 Å². The fraction of sp³-hybridized carbons (Fsp3) is 0.286. The van der Waals surface area contributed by atoms with Gasteiger partial charge in [0.05, 0.1) is 28.4 Å². The molecule has 1 N–H and O–H groups in total. The van der Waals surface area contributed by atoms with E-state index in [4.69, 9.17) is 0 Å². The second-order valence-corrected chi connectivity index (χ2v) is 8.24. The Morgan fingerprint density at radius 3 is 2.68 bits per heavy atom. The smallest absolute Gasteiger partial charge is 0.223 e. The third kappa shape index (κ3) is 3.53. The van der Waals surface area contributed by atoms with Crippen molar-refractivity contribution in [2.24, 2.45) is 0 Å². The Kier molecular flexibility index (Phi) is 4.33. The molecule has 0 fully saturated rings. The Bertz CT molecular complexity index is 1040. The van der Waals surface area contributed by atoms with Gasteiger partial charge in [-0.15, -0.1) is 0 Å². The zero-order chi connectivity index (χ0) is 18.4. The number of fused-ring (bicyclic) bond motifs is 1. The first-order chi connectivity index (χ1) is 11.6. The summed E-state index contributed by atoms with van der Waals surface area (Å²) >= 11 is 1.36. The van der Waals surface area contributed by atoms with Crippen LogP contribution in [0.25, 0.3) is 4.96 Å². The van der Waals surface area contributed by atoms with E-state index in [2.05, 4.69) is 14.8 Å². The molecule has 0 aliphatic carbocycles. The van der Waals surface area contributed by atoms with Crippen LogP contribution in [0.1, 0.15) is 22.0 Å². The highest BCUT2D eigenvalue weighted by Gasteiger charge is 2.31. The molecule has 0 amide bonds. The van der Waals surface area contributed by atoms with Crippen molar-refractivity contribution in [3.8, 4) is 0 Å². The van der Waals surface area contributed by atoms with Crippen LogP contribution >= 0.6 is 11.3 Å². The van der Waals surface area contributed by atoms with Crippen LogP contribution < -0.4 is 4.72 Å². The molecule has 6 nitrogen and oxygen atoms in total. The molecule has 3 aromatic rings. The highest BCUT2D eigenvalue weighted by Crippen LogP contribution is 2.30. The lowest BCUT2D eigenvalue weighted by Gasteiger charge is -2.10. The summed E-state index contributed by atoms with van der Waals surface area (Å²) in [6.45, 7) is 3.38. The number of alkyl halides is 3. The van der Waals surface area contributed by atoms with Gasteiger partial charge in [0.1, 0.15) is 5.01 Å². The molecule has 0 unspecified atom stereocenters. The van der Waals surface area contributed by atoms with E-state index in [0.717, 1.165) is 23.2 Å². The number of aromatic nitrogens is 3. The van der Waals surface area contributed by atoms with Gasteiger partial charge in [-0.25, -0.2) is 22.6 Å². The average Bonchev–Trinajstić information content (AvgIpc) is 2.99. The maximum absolute atomic E-state index is 12.8. The summed E-state index contributed by atoms with van der Waals surface area (Å²) in [6, 6.07) is 3.60. The van der Waals surface area contributed by atoms with Gasteiger partial charge in [-0.1, -0.05) is 17.4 Å². The van der Waals surface area contributed by atoms with Gasteiger partial charge in [-0.3, -0.25) is 0 Å². The average molecular weight is 390 g/mol. The van der Waals surface area contributed by atoms with Gasteiger partial charge < -0.3 is 0 Å². The predicted octanol–water partition coefficient (Wildman–Crippen LogP) is 2.90. The first kappa shape index (κ1) is 17.8. The Morgan fingerprint density at radius 2 is 2.00 bits per heavy atom. The van der Waals surface area contributed by atoms with Crippen molar-refractivity contribution in [3.05, 3.63) is 46.2 Å². The van der Waals surface area contributed by atoms with E-state index < -0.39 is 26.7 Å². The standard InChI is InChI=1S/C14H13F3N4O2S2/c1-8-12(21-13(19-8)24-9(2)20-21)7-18-25(22,23)11-5-3-4-10(6-11)14(15,16)17/h3-6,18H,7H2,1-2H3. The normalized spacial score (nSPS) is 12.8. The van der Waals surface area contributed by atoms with Gasteiger partial charge in [0, 0.05) is 0 Å². The molecule has 0 saturated heterocycles. The van der Waals surface area contributed by atoms with Gasteiger partial charge in [-0.05, 0) is 32.0 Å². The summed E-state index contributed by atoms with van der Waals surface area (Å²) in [5.74, 6) is 0. The largest absolute Gasteiger partial charge is 0.416 e. The molecule has 0 aliphatic rings. The molecule has 25 heavy (non-hydrogen) atoms. The second-order valence-electron chi connectivity index (χ2n) is 5.31. The minimum absolute atomic E-state index is 0.130. The molecule has 2 aromatic heterocycles. The Morgan fingerprint density at radius 1 is 1.28 bits per heavy atom. The fourth-order valence-electron chi connectivity index (χ4n) is 2.28. The fourth-order valence-corrected chi connectivity index (χ4v) is 4.12. The van der Waals surface area contributed by atoms with Crippen LogP contribution in [0.3, 0.4) is 0 Å². The molecular weight excluding hydrogens is 377 g/mol. The third-order valence-corrected chi connectivity index (χ3v) is 5.72. The number of benzene rings is 1. The van der Waals surface area contributed by atoms with E-state index in [-0.39, 0.29) is 6.54 Å². The van der Waals surface area contributed by atoms with Crippen molar-refractivity contribution in [2.75, 3.05) is 0 Å². The number of sulfonamides is 1. The summed E-state index contributed by atoms with van der Waals surface area (Å²) in [6.07, 6.45) is -4.61. The monoisotopic (exact) mass is 390 g/mol. The molecule has 11 heteroatoms. The van der Waals surface area contributed by atoms with Gasteiger partial charge in [-0.2, -0.15) is 18.3 Å². The van der Waals surface area contributed by atoms with Crippen LogP contribution in [-0.4, -0.2) is 23.0 Å². The van der Waals surface area contributed by atoms with Crippen LogP contribution in [-0.2, 0) is 22.7 Å². The van der Waals surface area contributed by atoms with Crippen molar-refractivity contribution < 1.29 is 21.6 Å². The van der Waals surface area contributed by atoms with E-state index in [1.165, 1.54) is 15.9 Å². The predicted molar refractivity (Wildman–Crippen MR) is 85.8 cm³/mol. The maximum atomic E-state index is 12.8. The lowest BCUT2D eigenvalue weighted by molar-refractivity contribution is -0.137. The SMILES string of the molecule is Cc1nn2c(CNS(=O)(=O)c3cccc(C(F)(F)F)c3)c(C)nc2s1. The number of hydrogen-bond acceptors (Lipinski definition) is 5. The second kappa shape index (κ2) is 6.07. The number of halogens is 3. The lowest BCUT2D eigenvalue weighted by Crippen LogP contribution is -2.25. The summed E-state index contributed by atoms with van der Waals surface area (Å²) in [4.78, 5) is 4.47. The number of imidazole rings is 1. The molecular formula is C14H13F3N4O2S2. The third-order valence-electron chi connectivity index (χ3n) is 3.50. The van der Waals surface area contributed by atoms with Gasteiger partial charge in [0.15, 0.2) is 0 Å². The number of aryl methyl sites for hydroxylation is 2. The highest BCUT2D eigenvalue weighted by molar-refractivity contribution is 7.89. The molecule has 0 bridgehead atoms. The van der Waals surface area contributed by atoms with E-state index in [0.29, 0.717) is 22.4 Å². The number of nitrogens with zero attached hydrogens (tertiary/aromatic N) is 3. The zero-order valence-electron chi connectivity index (χ0n) is 13.1. The highest BCUT2D eigenvalue weighted by atomic mass is 32.2. The number of rotatable bonds is 4.